The summed E-state index contributed by atoms with van der Waals surface area (Å²) in [6.07, 6.45) is 0.767. The van der Waals surface area contributed by atoms with Gasteiger partial charge in [0.15, 0.2) is 6.61 Å². The Kier molecular flexibility index (Phi) is 6.33. The second-order valence-corrected chi connectivity index (χ2v) is 9.55. The van der Waals surface area contributed by atoms with Crippen LogP contribution in [0.4, 0.5) is 11.4 Å². The monoisotopic (exact) mass is 483 g/mol. The van der Waals surface area contributed by atoms with Crippen molar-refractivity contribution in [2.45, 2.75) is 20.3 Å². The van der Waals surface area contributed by atoms with Crippen LogP contribution in [0.25, 0.3) is 11.3 Å². The Morgan fingerprint density at radius 1 is 1.09 bits per heavy atom. The molecule has 0 radical (unpaired) electrons. The van der Waals surface area contributed by atoms with Gasteiger partial charge >= 0.3 is 0 Å². The van der Waals surface area contributed by atoms with Crippen molar-refractivity contribution < 1.29 is 14.3 Å². The molecule has 0 fully saturated rings. The van der Waals surface area contributed by atoms with Gasteiger partial charge in [-0.1, -0.05) is 48.0 Å². The quantitative estimate of drug-likeness (QED) is 0.400. The number of rotatable bonds is 6. The van der Waals surface area contributed by atoms with Gasteiger partial charge < -0.3 is 10.1 Å². The summed E-state index contributed by atoms with van der Waals surface area (Å²) in [6, 6.07) is 21.7. The van der Waals surface area contributed by atoms with Crippen LogP contribution in [0.2, 0.25) is 0 Å². The molecule has 1 aliphatic heterocycles. The fraction of sp³-hybridized carbons (Fsp3) is 0.179. The van der Waals surface area contributed by atoms with Crippen LogP contribution in [-0.2, 0) is 16.0 Å². The van der Waals surface area contributed by atoms with Gasteiger partial charge in [-0.2, -0.15) is 0 Å². The second kappa shape index (κ2) is 9.72. The highest BCUT2D eigenvalue weighted by Gasteiger charge is 2.28. The molecular formula is C28H25N3O3S. The number of nitrogens with one attached hydrogen (secondary N) is 1. The highest BCUT2D eigenvalue weighted by Crippen LogP contribution is 2.36. The molecule has 0 bridgehead atoms. The zero-order valence-corrected chi connectivity index (χ0v) is 20.4. The lowest BCUT2D eigenvalue weighted by Gasteiger charge is -2.29. The van der Waals surface area contributed by atoms with Gasteiger partial charge in [0.1, 0.15) is 12.3 Å². The number of carbonyl (C=O) groups excluding carboxylic acids is 2. The van der Waals surface area contributed by atoms with Crippen LogP contribution in [-0.4, -0.2) is 29.9 Å². The number of carbonyl (C=O) groups is 2. The highest BCUT2D eigenvalue weighted by molar-refractivity contribution is 7.10. The van der Waals surface area contributed by atoms with E-state index in [1.165, 1.54) is 10.5 Å². The van der Waals surface area contributed by atoms with Crippen LogP contribution >= 0.6 is 11.3 Å². The van der Waals surface area contributed by atoms with Crippen molar-refractivity contribution in [2.24, 2.45) is 0 Å². The summed E-state index contributed by atoms with van der Waals surface area (Å²) in [6.45, 7) is 3.76. The topological polar surface area (TPSA) is 71.5 Å². The Hall–Kier alpha value is -3.97. The molecule has 176 valence electrons. The number of aryl methyl sites for hydroxylation is 2. The van der Waals surface area contributed by atoms with E-state index in [0.29, 0.717) is 11.4 Å². The number of amides is 2. The minimum Gasteiger partial charge on any atom is -0.482 e. The van der Waals surface area contributed by atoms with E-state index in [4.69, 9.17) is 9.72 Å². The molecule has 0 saturated heterocycles. The summed E-state index contributed by atoms with van der Waals surface area (Å²) in [5.74, 6) is 0.0586. The summed E-state index contributed by atoms with van der Waals surface area (Å²) in [5, 5.41) is 5.96. The number of nitrogens with zero attached hydrogens (tertiary/aromatic N) is 2. The third kappa shape index (κ3) is 5.10. The smallest absolute Gasteiger partial charge is 0.265 e. The predicted octanol–water partition coefficient (Wildman–Crippen LogP) is 5.38. The first-order chi connectivity index (χ1) is 17.0. The molecule has 0 aliphatic carbocycles. The molecule has 7 heteroatoms. The summed E-state index contributed by atoms with van der Waals surface area (Å²) >= 11 is 1.61. The van der Waals surface area contributed by atoms with Gasteiger partial charge in [-0.3, -0.25) is 14.5 Å². The van der Waals surface area contributed by atoms with Crippen LogP contribution in [0.3, 0.4) is 0 Å². The standard InChI is InChI=1S/C28H25N3O3S/c1-18-8-10-22(19(2)12-18)29-26(32)15-31-24-14-21(9-11-25(24)34-16-28(31)33)23-17-35-27(30-23)13-20-6-4-3-5-7-20/h3-12,14,17H,13,15-16H2,1-2H3,(H,29,32). The van der Waals surface area contributed by atoms with E-state index in [2.05, 4.69) is 17.4 Å². The SMILES string of the molecule is Cc1ccc(NC(=O)CN2C(=O)COc3ccc(-c4csc(Cc5ccccc5)n4)cc32)c(C)c1. The number of ether oxygens (including phenoxy) is 1. The second-order valence-electron chi connectivity index (χ2n) is 8.61. The number of anilines is 2. The summed E-state index contributed by atoms with van der Waals surface area (Å²) in [5.41, 5.74) is 6.33. The molecule has 4 aromatic rings. The zero-order valence-electron chi connectivity index (χ0n) is 19.6. The van der Waals surface area contributed by atoms with Gasteiger partial charge in [0, 0.05) is 23.1 Å². The van der Waals surface area contributed by atoms with Gasteiger partial charge in [-0.05, 0) is 49.2 Å². The Morgan fingerprint density at radius 3 is 2.71 bits per heavy atom. The van der Waals surface area contributed by atoms with Crippen molar-refractivity contribution in [3.05, 3.63) is 93.8 Å². The molecule has 2 amide bonds. The maximum atomic E-state index is 12.8. The van der Waals surface area contributed by atoms with Crippen LogP contribution in [0.15, 0.2) is 72.1 Å². The largest absolute Gasteiger partial charge is 0.482 e. The predicted molar refractivity (Wildman–Crippen MR) is 139 cm³/mol. The van der Waals surface area contributed by atoms with Crippen LogP contribution in [0, 0.1) is 13.8 Å². The molecule has 0 atom stereocenters. The van der Waals surface area contributed by atoms with Crippen LogP contribution in [0.5, 0.6) is 5.75 Å². The molecule has 2 heterocycles. The highest BCUT2D eigenvalue weighted by atomic mass is 32.1. The number of aromatic nitrogens is 1. The molecule has 1 N–H and O–H groups in total. The van der Waals surface area contributed by atoms with E-state index in [1.807, 2.05) is 73.8 Å². The number of hydrogen-bond donors (Lipinski definition) is 1. The first kappa shape index (κ1) is 22.8. The number of thiazole rings is 1. The van der Waals surface area contributed by atoms with Crippen molar-refractivity contribution in [1.82, 2.24) is 4.98 Å². The van der Waals surface area contributed by atoms with E-state index in [-0.39, 0.29) is 25.0 Å². The lowest BCUT2D eigenvalue weighted by Crippen LogP contribution is -2.43. The first-order valence-corrected chi connectivity index (χ1v) is 12.3. The summed E-state index contributed by atoms with van der Waals surface area (Å²) in [4.78, 5) is 31.8. The zero-order chi connectivity index (χ0) is 24.4. The molecule has 0 spiro atoms. The van der Waals surface area contributed by atoms with Gasteiger partial charge in [0.2, 0.25) is 5.91 Å². The third-order valence-electron chi connectivity index (χ3n) is 5.91. The van der Waals surface area contributed by atoms with Crippen LogP contribution in [0.1, 0.15) is 21.7 Å². The lowest BCUT2D eigenvalue weighted by molar-refractivity contribution is -0.123. The van der Waals surface area contributed by atoms with Gasteiger partial charge in [0.05, 0.1) is 16.4 Å². The number of fused-ring (bicyclic) bond motifs is 1. The van der Waals surface area contributed by atoms with Crippen molar-refractivity contribution >= 4 is 34.5 Å². The average molecular weight is 484 g/mol. The van der Waals surface area contributed by atoms with Crippen molar-refractivity contribution in [2.75, 3.05) is 23.4 Å². The van der Waals surface area contributed by atoms with Crippen molar-refractivity contribution in [1.29, 1.82) is 0 Å². The minimum absolute atomic E-state index is 0.0950. The first-order valence-electron chi connectivity index (χ1n) is 11.4. The fourth-order valence-electron chi connectivity index (χ4n) is 4.12. The normalized spacial score (nSPS) is 12.7. The van der Waals surface area contributed by atoms with Gasteiger partial charge in [-0.15, -0.1) is 11.3 Å². The molecule has 3 aromatic carbocycles. The molecule has 35 heavy (non-hydrogen) atoms. The van der Waals surface area contributed by atoms with E-state index in [0.717, 1.165) is 39.5 Å². The molecule has 1 aliphatic rings. The Balaban J connectivity index is 1.36. The summed E-state index contributed by atoms with van der Waals surface area (Å²) in [7, 11) is 0. The molecule has 1 aromatic heterocycles. The summed E-state index contributed by atoms with van der Waals surface area (Å²) < 4.78 is 5.63. The molecule has 5 rings (SSSR count). The lowest BCUT2D eigenvalue weighted by atomic mass is 10.1. The third-order valence-corrected chi connectivity index (χ3v) is 6.75. The average Bonchev–Trinajstić information content (AvgIpc) is 3.31. The Bertz CT molecular complexity index is 1400. The Labute approximate surface area is 208 Å². The van der Waals surface area contributed by atoms with Crippen molar-refractivity contribution in [3.8, 4) is 17.0 Å². The fourth-order valence-corrected chi connectivity index (χ4v) is 4.95. The van der Waals surface area contributed by atoms with Gasteiger partial charge in [0.25, 0.3) is 5.91 Å². The molecule has 6 nitrogen and oxygen atoms in total. The molecule has 0 unspecified atom stereocenters. The molecule has 0 saturated carbocycles. The van der Waals surface area contributed by atoms with E-state index in [9.17, 15) is 9.59 Å². The molecular weight excluding hydrogens is 458 g/mol. The number of benzene rings is 3. The van der Waals surface area contributed by atoms with E-state index in [1.54, 1.807) is 11.3 Å². The Morgan fingerprint density at radius 2 is 1.91 bits per heavy atom. The number of hydrogen-bond acceptors (Lipinski definition) is 5. The van der Waals surface area contributed by atoms with Crippen LogP contribution < -0.4 is 15.0 Å². The maximum absolute atomic E-state index is 12.8. The van der Waals surface area contributed by atoms with E-state index >= 15 is 0 Å². The van der Waals surface area contributed by atoms with Gasteiger partial charge in [-0.25, -0.2) is 4.98 Å². The maximum Gasteiger partial charge on any atom is 0.265 e. The van der Waals surface area contributed by atoms with E-state index < -0.39 is 0 Å². The minimum atomic E-state index is -0.262. The van der Waals surface area contributed by atoms with Crippen molar-refractivity contribution in [3.63, 3.8) is 0 Å².